The van der Waals surface area contributed by atoms with Crippen molar-refractivity contribution >= 4 is 35.1 Å². The van der Waals surface area contributed by atoms with E-state index in [9.17, 15) is 24.3 Å². The highest BCUT2D eigenvalue weighted by molar-refractivity contribution is 5.90. The summed E-state index contributed by atoms with van der Waals surface area (Å²) in [6.07, 6.45) is 0.390. The molecule has 0 aliphatic heterocycles. The molecule has 1 aliphatic rings. The third-order valence-electron chi connectivity index (χ3n) is 5.57. The predicted octanol–water partition coefficient (Wildman–Crippen LogP) is 2.37. The van der Waals surface area contributed by atoms with Crippen molar-refractivity contribution in [2.75, 3.05) is 5.73 Å². The van der Waals surface area contributed by atoms with Crippen molar-refractivity contribution in [2.24, 2.45) is 5.92 Å². The van der Waals surface area contributed by atoms with Crippen LogP contribution in [0.4, 0.5) is 10.7 Å². The fourth-order valence-electron chi connectivity index (χ4n) is 4.38. The van der Waals surface area contributed by atoms with Crippen LogP contribution in [0.2, 0.25) is 0 Å². The molecule has 1 fully saturated rings. The maximum Gasteiger partial charge on any atom is 0.407 e. The quantitative estimate of drug-likeness (QED) is 0.438. The normalized spacial score (nSPS) is 20.7. The van der Waals surface area contributed by atoms with Gasteiger partial charge in [0.15, 0.2) is 11.2 Å². The minimum Gasteiger partial charge on any atom is -0.481 e. The lowest BCUT2D eigenvalue weighted by atomic mass is 9.80. The summed E-state index contributed by atoms with van der Waals surface area (Å²) in [5.74, 6) is -2.28. The van der Waals surface area contributed by atoms with Gasteiger partial charge in [-0.3, -0.25) is 19.1 Å². The first-order valence-electron chi connectivity index (χ1n) is 11.8. The minimum absolute atomic E-state index is 0.0646. The van der Waals surface area contributed by atoms with E-state index in [0.717, 1.165) is 0 Å². The molecule has 1 amide bonds. The summed E-state index contributed by atoms with van der Waals surface area (Å²) in [7, 11) is 0. The van der Waals surface area contributed by atoms with E-state index in [1.165, 1.54) is 4.57 Å². The second-order valence-electron chi connectivity index (χ2n) is 11.0. The van der Waals surface area contributed by atoms with Crippen LogP contribution in [0.15, 0.2) is 4.79 Å². The van der Waals surface area contributed by atoms with Crippen molar-refractivity contribution in [1.82, 2.24) is 24.8 Å². The van der Waals surface area contributed by atoms with Gasteiger partial charge in [-0.2, -0.15) is 4.98 Å². The molecule has 3 atom stereocenters. The average molecular weight is 507 g/mol. The molecule has 0 saturated heterocycles. The van der Waals surface area contributed by atoms with E-state index in [2.05, 4.69) is 20.3 Å². The Morgan fingerprint density at radius 3 is 2.33 bits per heavy atom. The maximum atomic E-state index is 13.1. The van der Waals surface area contributed by atoms with E-state index in [-0.39, 0.29) is 35.3 Å². The smallest absolute Gasteiger partial charge is 0.407 e. The van der Waals surface area contributed by atoms with Gasteiger partial charge in [-0.25, -0.2) is 14.6 Å². The molecule has 2 aromatic heterocycles. The van der Waals surface area contributed by atoms with Gasteiger partial charge in [-0.05, 0) is 66.7 Å². The number of fused-ring (bicyclic) bond motifs is 1. The topological polar surface area (TPSA) is 192 Å². The van der Waals surface area contributed by atoms with E-state index in [1.807, 2.05) is 0 Å². The van der Waals surface area contributed by atoms with Crippen LogP contribution in [-0.4, -0.2) is 59.9 Å². The number of esters is 1. The van der Waals surface area contributed by atoms with Crippen LogP contribution in [-0.2, 0) is 14.3 Å². The Hall–Kier alpha value is -3.64. The Labute approximate surface area is 207 Å². The van der Waals surface area contributed by atoms with E-state index in [4.69, 9.17) is 15.2 Å². The highest BCUT2D eigenvalue weighted by atomic mass is 16.6. The number of nitrogen functional groups attached to an aromatic ring is 1. The number of aromatic amines is 1. The van der Waals surface area contributed by atoms with E-state index >= 15 is 0 Å². The molecule has 3 rings (SSSR count). The van der Waals surface area contributed by atoms with Crippen molar-refractivity contribution in [3.8, 4) is 0 Å². The van der Waals surface area contributed by atoms with Gasteiger partial charge in [-0.15, -0.1) is 0 Å². The number of hydrogen-bond donors (Lipinski definition) is 4. The fraction of sp³-hybridized carbons (Fsp3) is 0.652. The number of carboxylic acid groups (broad SMARTS) is 1. The van der Waals surface area contributed by atoms with Crippen LogP contribution in [0, 0.1) is 5.92 Å². The number of ether oxygens (including phenoxy) is 2. The zero-order valence-corrected chi connectivity index (χ0v) is 21.4. The number of imidazole rings is 1. The number of anilines is 1. The molecule has 13 heteroatoms. The van der Waals surface area contributed by atoms with Gasteiger partial charge in [0.1, 0.15) is 11.2 Å². The number of nitrogens with two attached hydrogens (primary N) is 1. The highest BCUT2D eigenvalue weighted by Gasteiger charge is 2.39. The van der Waals surface area contributed by atoms with E-state index < -0.39 is 46.9 Å². The molecule has 0 bridgehead atoms. The molecule has 2 heterocycles. The third kappa shape index (κ3) is 6.52. The first-order chi connectivity index (χ1) is 16.5. The third-order valence-corrected chi connectivity index (χ3v) is 5.57. The van der Waals surface area contributed by atoms with Crippen molar-refractivity contribution in [1.29, 1.82) is 0 Å². The first-order valence-corrected chi connectivity index (χ1v) is 11.8. The molecule has 13 nitrogen and oxygen atoms in total. The molecule has 5 N–H and O–H groups in total. The highest BCUT2D eigenvalue weighted by Crippen LogP contribution is 2.37. The lowest BCUT2D eigenvalue weighted by Crippen LogP contribution is -2.47. The zero-order chi connectivity index (χ0) is 27.0. The molecular formula is C23H34N6O7. The number of alkyl carbamates (subject to hydrolysis) is 1. The zero-order valence-electron chi connectivity index (χ0n) is 21.4. The standard InChI is InChI=1S/C23H34N6O7/c1-22(2,3)35-19(33)17-26-15-16(27-20(24)28-18(15)32)29(17)13-8-7-11(10-14(30)31)9-12(13)25-21(34)36-23(4,5)6/h11-13H,7-10H2,1-6H3,(H,25,34)(H,30,31)(H3,24,27,28,32)/t11-,12-,13-/m1/s1. The van der Waals surface area contributed by atoms with Crippen molar-refractivity contribution in [3.05, 3.63) is 16.2 Å². The summed E-state index contributed by atoms with van der Waals surface area (Å²) in [4.78, 5) is 60.6. The number of aliphatic carboxylic acids is 1. The van der Waals surface area contributed by atoms with Crippen molar-refractivity contribution in [2.45, 2.75) is 90.5 Å². The number of nitrogens with one attached hydrogen (secondary N) is 2. The number of nitrogens with zero attached hydrogens (tertiary/aromatic N) is 3. The Morgan fingerprint density at radius 1 is 1.11 bits per heavy atom. The summed E-state index contributed by atoms with van der Waals surface area (Å²) in [6.45, 7) is 10.3. The van der Waals surface area contributed by atoms with Gasteiger partial charge in [0.05, 0.1) is 12.1 Å². The molecule has 198 valence electrons. The molecule has 1 aliphatic carbocycles. The second kappa shape index (κ2) is 9.78. The number of amides is 1. The Balaban J connectivity index is 2.12. The molecule has 0 aromatic carbocycles. The number of hydrogen-bond acceptors (Lipinski definition) is 9. The van der Waals surface area contributed by atoms with E-state index in [0.29, 0.717) is 19.3 Å². The summed E-state index contributed by atoms with van der Waals surface area (Å²) in [6, 6.07) is -1.26. The number of carbonyl (C=O) groups is 3. The first kappa shape index (κ1) is 27.0. The summed E-state index contributed by atoms with van der Waals surface area (Å²) >= 11 is 0. The van der Waals surface area contributed by atoms with Crippen LogP contribution in [0.25, 0.3) is 11.2 Å². The van der Waals surface area contributed by atoms with Crippen molar-refractivity contribution < 1.29 is 29.0 Å². The predicted molar refractivity (Wildman–Crippen MR) is 130 cm³/mol. The number of carboxylic acids is 1. The molecular weight excluding hydrogens is 472 g/mol. The largest absolute Gasteiger partial charge is 0.481 e. The van der Waals surface area contributed by atoms with Crippen LogP contribution >= 0.6 is 0 Å². The average Bonchev–Trinajstić information content (AvgIpc) is 3.04. The monoisotopic (exact) mass is 506 g/mol. The van der Waals surface area contributed by atoms with Crippen LogP contribution in [0.3, 0.4) is 0 Å². The van der Waals surface area contributed by atoms with Gasteiger partial charge in [-0.1, -0.05) is 0 Å². The summed E-state index contributed by atoms with van der Waals surface area (Å²) in [5, 5.41) is 12.1. The van der Waals surface area contributed by atoms with Gasteiger partial charge < -0.3 is 25.6 Å². The minimum atomic E-state index is -0.946. The maximum absolute atomic E-state index is 13.1. The second-order valence-corrected chi connectivity index (χ2v) is 11.0. The Morgan fingerprint density at radius 2 is 1.75 bits per heavy atom. The molecule has 0 unspecified atom stereocenters. The number of carbonyl (C=O) groups excluding carboxylic acids is 2. The van der Waals surface area contributed by atoms with Crippen LogP contribution in [0.1, 0.15) is 83.9 Å². The molecule has 0 spiro atoms. The van der Waals surface area contributed by atoms with Gasteiger partial charge in [0, 0.05) is 6.42 Å². The fourth-order valence-corrected chi connectivity index (χ4v) is 4.38. The Bertz CT molecular complexity index is 1220. The molecule has 36 heavy (non-hydrogen) atoms. The van der Waals surface area contributed by atoms with Crippen LogP contribution < -0.4 is 16.6 Å². The lowest BCUT2D eigenvalue weighted by Gasteiger charge is -2.37. The van der Waals surface area contributed by atoms with Gasteiger partial charge in [0.25, 0.3) is 5.56 Å². The molecule has 1 saturated carbocycles. The van der Waals surface area contributed by atoms with Gasteiger partial charge >= 0.3 is 18.0 Å². The summed E-state index contributed by atoms with van der Waals surface area (Å²) in [5.41, 5.74) is 3.52. The van der Waals surface area contributed by atoms with Crippen molar-refractivity contribution in [3.63, 3.8) is 0 Å². The lowest BCUT2D eigenvalue weighted by molar-refractivity contribution is -0.138. The SMILES string of the molecule is CC(C)(C)OC(=O)N[C@@H]1C[C@H](CC(=O)O)CC[C@H]1n1c(C(=O)OC(C)(C)C)nc2c(=O)[nH]c(N)nc21. The number of H-pyrrole nitrogens is 1. The van der Waals surface area contributed by atoms with Gasteiger partial charge in [0.2, 0.25) is 11.8 Å². The van der Waals surface area contributed by atoms with E-state index in [1.54, 1.807) is 41.5 Å². The Kier molecular flexibility index (Phi) is 7.32. The number of rotatable bonds is 5. The van der Waals surface area contributed by atoms with Crippen LogP contribution in [0.5, 0.6) is 0 Å². The molecule has 2 aromatic rings. The summed E-state index contributed by atoms with van der Waals surface area (Å²) < 4.78 is 12.4. The number of aromatic nitrogens is 4. The molecule has 0 radical (unpaired) electrons.